The molecule has 5 heteroatoms. The van der Waals surface area contributed by atoms with Crippen molar-refractivity contribution < 1.29 is 19.0 Å². The molecule has 5 nitrogen and oxygen atoms in total. The van der Waals surface area contributed by atoms with Gasteiger partial charge in [0.2, 0.25) is 0 Å². The predicted octanol–water partition coefficient (Wildman–Crippen LogP) is 3.09. The van der Waals surface area contributed by atoms with Crippen LogP contribution in [0, 0.1) is 12.8 Å². The van der Waals surface area contributed by atoms with E-state index in [1.165, 1.54) is 19.3 Å². The summed E-state index contributed by atoms with van der Waals surface area (Å²) in [6.45, 7) is 5.25. The molecule has 1 saturated carbocycles. The van der Waals surface area contributed by atoms with Gasteiger partial charge in [0.05, 0.1) is 19.8 Å². The van der Waals surface area contributed by atoms with Crippen molar-refractivity contribution in [3.8, 4) is 11.5 Å². The van der Waals surface area contributed by atoms with Crippen molar-refractivity contribution in [2.45, 2.75) is 45.6 Å². The highest BCUT2D eigenvalue weighted by atomic mass is 16.5. The topological polar surface area (TPSA) is 56.8 Å². The first-order valence-electron chi connectivity index (χ1n) is 8.76. The molecule has 2 atom stereocenters. The van der Waals surface area contributed by atoms with Crippen molar-refractivity contribution in [2.24, 2.45) is 5.92 Å². The average molecular weight is 335 g/mol. The van der Waals surface area contributed by atoms with Crippen LogP contribution in [0.4, 0.5) is 0 Å². The number of methoxy groups -OCH3 is 1. The standard InChI is InChI=1S/C19H29NO4/c1-14-8-9-17(18(12-14)22-3)24-13-19(21)20-10-11-23-16-7-5-4-6-15(16)2/h8-9,12,15-16H,4-7,10-11,13H2,1-3H3,(H,20,21). The SMILES string of the molecule is COc1cc(C)ccc1OCC(=O)NCCOC1CCCCC1C. The van der Waals surface area contributed by atoms with Crippen molar-refractivity contribution in [3.05, 3.63) is 23.8 Å². The second-order valence-electron chi connectivity index (χ2n) is 6.46. The molecule has 2 unspecified atom stereocenters. The van der Waals surface area contributed by atoms with E-state index in [0.717, 1.165) is 12.0 Å². The second-order valence-corrected chi connectivity index (χ2v) is 6.46. The first kappa shape index (κ1) is 18.6. The average Bonchev–Trinajstić information content (AvgIpc) is 2.59. The maximum absolute atomic E-state index is 11.9. The molecular weight excluding hydrogens is 306 g/mol. The number of nitrogens with one attached hydrogen (secondary N) is 1. The number of hydrogen-bond donors (Lipinski definition) is 1. The lowest BCUT2D eigenvalue weighted by Crippen LogP contribution is -2.34. The Balaban J connectivity index is 1.65. The van der Waals surface area contributed by atoms with Crippen molar-refractivity contribution in [2.75, 3.05) is 26.9 Å². The Hall–Kier alpha value is -1.75. The smallest absolute Gasteiger partial charge is 0.258 e. The van der Waals surface area contributed by atoms with E-state index in [1.54, 1.807) is 7.11 Å². The van der Waals surface area contributed by atoms with Gasteiger partial charge in [-0.15, -0.1) is 0 Å². The number of rotatable bonds is 8. The van der Waals surface area contributed by atoms with Crippen LogP contribution >= 0.6 is 0 Å². The number of carbonyl (C=O) groups excluding carboxylic acids is 1. The molecule has 1 fully saturated rings. The Labute approximate surface area is 144 Å². The quantitative estimate of drug-likeness (QED) is 0.742. The van der Waals surface area contributed by atoms with Crippen molar-refractivity contribution >= 4 is 5.91 Å². The van der Waals surface area contributed by atoms with E-state index in [0.29, 0.717) is 36.7 Å². The van der Waals surface area contributed by atoms with E-state index in [1.807, 2.05) is 25.1 Å². The van der Waals surface area contributed by atoms with Gasteiger partial charge in [-0.25, -0.2) is 0 Å². The van der Waals surface area contributed by atoms with Crippen LogP contribution in [-0.2, 0) is 9.53 Å². The molecule has 134 valence electrons. The van der Waals surface area contributed by atoms with Gasteiger partial charge in [0.15, 0.2) is 18.1 Å². The summed E-state index contributed by atoms with van der Waals surface area (Å²) in [5.74, 6) is 1.67. The molecule has 0 saturated heterocycles. The third kappa shape index (κ3) is 5.71. The summed E-state index contributed by atoms with van der Waals surface area (Å²) in [5, 5.41) is 2.83. The molecule has 0 heterocycles. The predicted molar refractivity (Wildman–Crippen MR) is 93.6 cm³/mol. The molecule has 0 aliphatic heterocycles. The number of aryl methyl sites for hydroxylation is 1. The number of benzene rings is 1. The van der Waals surface area contributed by atoms with Gasteiger partial charge in [-0.05, 0) is 43.4 Å². The first-order chi connectivity index (χ1) is 11.6. The molecule has 1 aromatic rings. The molecule has 0 radical (unpaired) electrons. The fourth-order valence-corrected chi connectivity index (χ4v) is 3.02. The van der Waals surface area contributed by atoms with E-state index in [9.17, 15) is 4.79 Å². The number of hydrogen-bond acceptors (Lipinski definition) is 4. The molecule has 1 amide bonds. The van der Waals surface area contributed by atoms with Gasteiger partial charge < -0.3 is 19.5 Å². The van der Waals surface area contributed by atoms with Gasteiger partial charge >= 0.3 is 0 Å². The van der Waals surface area contributed by atoms with Gasteiger partial charge in [0, 0.05) is 6.54 Å². The van der Waals surface area contributed by atoms with Crippen molar-refractivity contribution in [3.63, 3.8) is 0 Å². The zero-order chi connectivity index (χ0) is 17.4. The molecule has 1 aliphatic carbocycles. The maximum atomic E-state index is 11.9. The summed E-state index contributed by atoms with van der Waals surface area (Å²) in [6, 6.07) is 5.62. The number of carbonyl (C=O) groups is 1. The van der Waals surface area contributed by atoms with Crippen molar-refractivity contribution in [1.82, 2.24) is 5.32 Å². The Morgan fingerprint density at radius 2 is 2.04 bits per heavy atom. The Morgan fingerprint density at radius 3 is 2.79 bits per heavy atom. The van der Waals surface area contributed by atoms with Gasteiger partial charge in [-0.2, -0.15) is 0 Å². The van der Waals surface area contributed by atoms with Crippen LogP contribution in [0.15, 0.2) is 18.2 Å². The van der Waals surface area contributed by atoms with E-state index < -0.39 is 0 Å². The van der Waals surface area contributed by atoms with Crippen LogP contribution in [0.25, 0.3) is 0 Å². The first-order valence-corrected chi connectivity index (χ1v) is 8.76. The van der Waals surface area contributed by atoms with E-state index >= 15 is 0 Å². The fourth-order valence-electron chi connectivity index (χ4n) is 3.02. The second kappa shape index (κ2) is 9.52. The van der Waals surface area contributed by atoms with Crippen LogP contribution in [0.2, 0.25) is 0 Å². The molecule has 2 rings (SSSR count). The highest BCUT2D eigenvalue weighted by molar-refractivity contribution is 5.77. The zero-order valence-corrected chi connectivity index (χ0v) is 15.0. The van der Waals surface area contributed by atoms with Crippen LogP contribution < -0.4 is 14.8 Å². The Kier molecular flexibility index (Phi) is 7.37. The molecule has 0 aromatic heterocycles. The summed E-state index contributed by atoms with van der Waals surface area (Å²) in [4.78, 5) is 11.9. The highest BCUT2D eigenvalue weighted by Crippen LogP contribution is 2.27. The molecule has 0 spiro atoms. The van der Waals surface area contributed by atoms with Crippen LogP contribution in [0.3, 0.4) is 0 Å². The van der Waals surface area contributed by atoms with Gasteiger partial charge in [-0.3, -0.25) is 4.79 Å². The fraction of sp³-hybridized carbons (Fsp3) is 0.632. The van der Waals surface area contributed by atoms with E-state index in [2.05, 4.69) is 12.2 Å². The normalized spacial score (nSPS) is 20.5. The minimum Gasteiger partial charge on any atom is -0.493 e. The zero-order valence-electron chi connectivity index (χ0n) is 15.0. The van der Waals surface area contributed by atoms with E-state index in [-0.39, 0.29) is 12.5 Å². The number of ether oxygens (including phenoxy) is 3. The monoisotopic (exact) mass is 335 g/mol. The Morgan fingerprint density at radius 1 is 1.25 bits per heavy atom. The van der Waals surface area contributed by atoms with Crippen LogP contribution in [-0.4, -0.2) is 38.9 Å². The summed E-state index contributed by atoms with van der Waals surface area (Å²) in [6.07, 6.45) is 5.25. The summed E-state index contributed by atoms with van der Waals surface area (Å²) in [5.41, 5.74) is 1.08. The minimum absolute atomic E-state index is 0.0285. The lowest BCUT2D eigenvalue weighted by atomic mass is 9.88. The van der Waals surface area contributed by atoms with Gasteiger partial charge in [0.25, 0.3) is 5.91 Å². The van der Waals surface area contributed by atoms with Crippen LogP contribution in [0.1, 0.15) is 38.2 Å². The van der Waals surface area contributed by atoms with E-state index in [4.69, 9.17) is 14.2 Å². The van der Waals surface area contributed by atoms with Gasteiger partial charge in [-0.1, -0.05) is 25.8 Å². The minimum atomic E-state index is -0.155. The van der Waals surface area contributed by atoms with Gasteiger partial charge in [0.1, 0.15) is 0 Å². The maximum Gasteiger partial charge on any atom is 0.258 e. The lowest BCUT2D eigenvalue weighted by Gasteiger charge is -2.28. The van der Waals surface area contributed by atoms with Crippen molar-refractivity contribution in [1.29, 1.82) is 0 Å². The third-order valence-corrected chi connectivity index (χ3v) is 4.47. The number of amides is 1. The molecule has 24 heavy (non-hydrogen) atoms. The van der Waals surface area contributed by atoms with Crippen LogP contribution in [0.5, 0.6) is 11.5 Å². The molecule has 1 aliphatic rings. The third-order valence-electron chi connectivity index (χ3n) is 4.47. The molecule has 0 bridgehead atoms. The molecule has 1 aromatic carbocycles. The summed E-state index contributed by atoms with van der Waals surface area (Å²) in [7, 11) is 1.59. The Bertz CT molecular complexity index is 532. The summed E-state index contributed by atoms with van der Waals surface area (Å²) < 4.78 is 16.7. The summed E-state index contributed by atoms with van der Waals surface area (Å²) >= 11 is 0. The lowest BCUT2D eigenvalue weighted by molar-refractivity contribution is -0.123. The largest absolute Gasteiger partial charge is 0.493 e. The molecular formula is C19H29NO4. The highest BCUT2D eigenvalue weighted by Gasteiger charge is 2.21. The molecule has 1 N–H and O–H groups in total.